The van der Waals surface area contributed by atoms with Crippen LogP contribution in [0.25, 0.3) is 0 Å². The predicted octanol–water partition coefficient (Wildman–Crippen LogP) is 3.49. The highest BCUT2D eigenvalue weighted by molar-refractivity contribution is 8.00. The van der Waals surface area contributed by atoms with Crippen molar-refractivity contribution in [2.24, 2.45) is 0 Å². The van der Waals surface area contributed by atoms with Crippen LogP contribution in [-0.4, -0.2) is 30.8 Å². The van der Waals surface area contributed by atoms with E-state index in [2.05, 4.69) is 10.9 Å². The SMILES string of the molecule is CCOc1ccccc1OCCCC(=O)NNC(=O)CSc1ccc(C)cc1. The topological polar surface area (TPSA) is 76.7 Å². The lowest BCUT2D eigenvalue weighted by molar-refractivity contribution is -0.127. The maximum absolute atomic E-state index is 11.8. The smallest absolute Gasteiger partial charge is 0.248 e. The van der Waals surface area contributed by atoms with Crippen LogP contribution < -0.4 is 20.3 Å². The Balaban J connectivity index is 1.59. The quantitative estimate of drug-likeness (QED) is 0.361. The van der Waals surface area contributed by atoms with Gasteiger partial charge in [0, 0.05) is 11.3 Å². The Labute approximate surface area is 170 Å². The van der Waals surface area contributed by atoms with E-state index in [1.807, 2.05) is 62.4 Å². The second-order valence-electron chi connectivity index (χ2n) is 6.03. The van der Waals surface area contributed by atoms with E-state index < -0.39 is 0 Å². The van der Waals surface area contributed by atoms with E-state index >= 15 is 0 Å². The lowest BCUT2D eigenvalue weighted by Crippen LogP contribution is -2.42. The molecule has 2 aromatic rings. The molecule has 7 heteroatoms. The van der Waals surface area contributed by atoms with Gasteiger partial charge in [0.25, 0.3) is 0 Å². The van der Waals surface area contributed by atoms with E-state index in [4.69, 9.17) is 9.47 Å². The van der Waals surface area contributed by atoms with Gasteiger partial charge in [-0.25, -0.2) is 0 Å². The van der Waals surface area contributed by atoms with Crippen molar-refractivity contribution in [1.82, 2.24) is 10.9 Å². The number of hydrazine groups is 1. The van der Waals surface area contributed by atoms with Gasteiger partial charge in [0.1, 0.15) is 0 Å². The second-order valence-corrected chi connectivity index (χ2v) is 7.08. The number of nitrogens with one attached hydrogen (secondary N) is 2. The van der Waals surface area contributed by atoms with E-state index in [1.165, 1.54) is 17.3 Å². The van der Waals surface area contributed by atoms with E-state index in [-0.39, 0.29) is 24.0 Å². The third kappa shape index (κ3) is 7.92. The molecule has 0 spiro atoms. The first-order valence-corrected chi connectivity index (χ1v) is 10.2. The average Bonchev–Trinajstić information content (AvgIpc) is 2.70. The Morgan fingerprint density at radius 3 is 2.25 bits per heavy atom. The van der Waals surface area contributed by atoms with Crippen molar-refractivity contribution in [2.75, 3.05) is 19.0 Å². The molecule has 2 amide bonds. The molecule has 0 atom stereocenters. The summed E-state index contributed by atoms with van der Waals surface area (Å²) in [6.45, 7) is 4.87. The van der Waals surface area contributed by atoms with Gasteiger partial charge in [-0.2, -0.15) is 0 Å². The summed E-state index contributed by atoms with van der Waals surface area (Å²) in [5.41, 5.74) is 6.03. The normalized spacial score (nSPS) is 10.2. The van der Waals surface area contributed by atoms with Crippen LogP contribution in [0.1, 0.15) is 25.3 Å². The Morgan fingerprint density at radius 1 is 0.929 bits per heavy atom. The molecule has 0 aliphatic carbocycles. The number of aryl methyl sites for hydroxylation is 1. The summed E-state index contributed by atoms with van der Waals surface area (Å²) < 4.78 is 11.2. The molecule has 0 fully saturated rings. The van der Waals surface area contributed by atoms with Crippen LogP contribution in [0.2, 0.25) is 0 Å². The summed E-state index contributed by atoms with van der Waals surface area (Å²) in [5.74, 6) is 1.08. The molecule has 0 aliphatic heterocycles. The van der Waals surface area contributed by atoms with E-state index in [9.17, 15) is 9.59 Å². The van der Waals surface area contributed by atoms with Gasteiger partial charge in [0.2, 0.25) is 11.8 Å². The molecule has 2 aromatic carbocycles. The van der Waals surface area contributed by atoms with Gasteiger partial charge in [-0.15, -0.1) is 11.8 Å². The number of hydrogen-bond acceptors (Lipinski definition) is 5. The Hall–Kier alpha value is -2.67. The predicted molar refractivity (Wildman–Crippen MR) is 111 cm³/mol. The molecule has 2 rings (SSSR count). The van der Waals surface area contributed by atoms with Crippen molar-refractivity contribution in [2.45, 2.75) is 31.6 Å². The molecule has 150 valence electrons. The number of ether oxygens (including phenoxy) is 2. The molecule has 0 aliphatic rings. The minimum Gasteiger partial charge on any atom is -0.490 e. The van der Waals surface area contributed by atoms with Crippen LogP contribution in [0.5, 0.6) is 11.5 Å². The number of carbonyl (C=O) groups is 2. The van der Waals surface area contributed by atoms with Crippen molar-refractivity contribution in [3.05, 3.63) is 54.1 Å². The molecule has 0 aromatic heterocycles. The Morgan fingerprint density at radius 2 is 1.57 bits per heavy atom. The molecule has 6 nitrogen and oxygen atoms in total. The third-order valence-corrected chi connectivity index (χ3v) is 4.70. The van der Waals surface area contributed by atoms with Crippen molar-refractivity contribution in [3.8, 4) is 11.5 Å². The number of carbonyl (C=O) groups excluding carboxylic acids is 2. The van der Waals surface area contributed by atoms with Crippen LogP contribution in [-0.2, 0) is 9.59 Å². The highest BCUT2D eigenvalue weighted by atomic mass is 32.2. The van der Waals surface area contributed by atoms with Gasteiger partial charge in [-0.3, -0.25) is 20.4 Å². The number of hydrogen-bond donors (Lipinski definition) is 2. The zero-order valence-corrected chi connectivity index (χ0v) is 17.0. The fourth-order valence-electron chi connectivity index (χ4n) is 2.28. The number of amides is 2. The average molecular weight is 403 g/mol. The lowest BCUT2D eigenvalue weighted by Gasteiger charge is -2.11. The van der Waals surface area contributed by atoms with Gasteiger partial charge in [-0.1, -0.05) is 29.8 Å². The first-order valence-electron chi connectivity index (χ1n) is 9.20. The maximum atomic E-state index is 11.8. The summed E-state index contributed by atoms with van der Waals surface area (Å²) >= 11 is 1.42. The molecule has 0 radical (unpaired) electrons. The standard InChI is InChI=1S/C21H26N2O4S/c1-3-26-18-7-4-5-8-19(18)27-14-6-9-20(24)22-23-21(25)15-28-17-12-10-16(2)11-13-17/h4-5,7-8,10-13H,3,6,9,14-15H2,1-2H3,(H,22,24)(H,23,25). The van der Waals surface area contributed by atoms with E-state index in [1.54, 1.807) is 0 Å². The van der Waals surface area contributed by atoms with Crippen LogP contribution in [0, 0.1) is 6.92 Å². The van der Waals surface area contributed by atoms with Crippen molar-refractivity contribution in [1.29, 1.82) is 0 Å². The first kappa shape index (κ1) is 21.6. The summed E-state index contributed by atoms with van der Waals surface area (Å²) in [6.07, 6.45) is 0.780. The van der Waals surface area contributed by atoms with Gasteiger partial charge >= 0.3 is 0 Å². The van der Waals surface area contributed by atoms with E-state index in [0.717, 1.165) is 4.90 Å². The Bertz CT molecular complexity index is 765. The zero-order valence-electron chi connectivity index (χ0n) is 16.2. The summed E-state index contributed by atoms with van der Waals surface area (Å²) in [5, 5.41) is 0. The number of rotatable bonds is 10. The molecule has 0 saturated heterocycles. The van der Waals surface area contributed by atoms with E-state index in [0.29, 0.717) is 31.1 Å². The van der Waals surface area contributed by atoms with Gasteiger partial charge in [-0.05, 0) is 44.5 Å². The molecule has 0 saturated carbocycles. The van der Waals surface area contributed by atoms with Crippen LogP contribution >= 0.6 is 11.8 Å². The molecular formula is C21H26N2O4S. The first-order chi connectivity index (χ1) is 13.6. The number of para-hydroxylation sites is 2. The maximum Gasteiger partial charge on any atom is 0.248 e. The lowest BCUT2D eigenvalue weighted by atomic mass is 10.2. The molecule has 28 heavy (non-hydrogen) atoms. The minimum absolute atomic E-state index is 0.237. The number of thioether (sulfide) groups is 1. The van der Waals surface area contributed by atoms with Crippen LogP contribution in [0.15, 0.2) is 53.4 Å². The van der Waals surface area contributed by atoms with Crippen molar-refractivity contribution >= 4 is 23.6 Å². The largest absolute Gasteiger partial charge is 0.490 e. The molecule has 0 heterocycles. The van der Waals surface area contributed by atoms with Crippen LogP contribution in [0.4, 0.5) is 0 Å². The third-order valence-electron chi connectivity index (χ3n) is 3.69. The zero-order chi connectivity index (χ0) is 20.2. The molecule has 0 bridgehead atoms. The van der Waals surface area contributed by atoms with Crippen LogP contribution in [0.3, 0.4) is 0 Å². The summed E-state index contributed by atoms with van der Waals surface area (Å²) in [4.78, 5) is 24.7. The minimum atomic E-state index is -0.254. The van der Waals surface area contributed by atoms with Gasteiger partial charge < -0.3 is 9.47 Å². The molecule has 2 N–H and O–H groups in total. The Kier molecular flexibility index (Phi) is 9.21. The highest BCUT2D eigenvalue weighted by Gasteiger charge is 2.07. The van der Waals surface area contributed by atoms with Crippen molar-refractivity contribution < 1.29 is 19.1 Å². The summed E-state index contributed by atoms with van der Waals surface area (Å²) in [7, 11) is 0. The monoisotopic (exact) mass is 402 g/mol. The fraction of sp³-hybridized carbons (Fsp3) is 0.333. The second kappa shape index (κ2) is 11.9. The van der Waals surface area contributed by atoms with Gasteiger partial charge in [0.15, 0.2) is 11.5 Å². The van der Waals surface area contributed by atoms with Gasteiger partial charge in [0.05, 0.1) is 19.0 Å². The number of benzene rings is 2. The molecular weight excluding hydrogens is 376 g/mol. The highest BCUT2D eigenvalue weighted by Crippen LogP contribution is 2.26. The summed E-state index contributed by atoms with van der Waals surface area (Å²) in [6, 6.07) is 15.4. The molecule has 0 unspecified atom stereocenters. The van der Waals surface area contributed by atoms with Crippen molar-refractivity contribution in [3.63, 3.8) is 0 Å². The fourth-order valence-corrected chi connectivity index (χ4v) is 2.98.